The van der Waals surface area contributed by atoms with Crippen molar-refractivity contribution in [1.82, 2.24) is 4.57 Å². The van der Waals surface area contributed by atoms with E-state index < -0.39 is 17.4 Å². The minimum Gasteiger partial charge on any atom is -0.494 e. The molecule has 0 aliphatic heterocycles. The van der Waals surface area contributed by atoms with E-state index in [1.165, 1.54) is 12.8 Å². The van der Waals surface area contributed by atoms with Gasteiger partial charge in [-0.2, -0.15) is 0 Å². The van der Waals surface area contributed by atoms with E-state index in [9.17, 15) is 14.4 Å². The summed E-state index contributed by atoms with van der Waals surface area (Å²) in [6.07, 6.45) is 4.50. The Bertz CT molecular complexity index is 943. The molecule has 0 fully saturated rings. The van der Waals surface area contributed by atoms with Gasteiger partial charge in [0, 0.05) is 17.1 Å². The Balaban J connectivity index is 2.49. The van der Waals surface area contributed by atoms with Crippen molar-refractivity contribution in [2.45, 2.75) is 60.3 Å². The molecule has 0 amide bonds. The first kappa shape index (κ1) is 25.2. The summed E-state index contributed by atoms with van der Waals surface area (Å²) in [5.74, 6) is -0.791. The maximum Gasteiger partial charge on any atom is 0.343 e. The molecule has 1 heterocycles. The number of hydrogen-bond donors (Lipinski definition) is 0. The number of rotatable bonds is 11. The van der Waals surface area contributed by atoms with Crippen molar-refractivity contribution in [1.29, 1.82) is 0 Å². The van der Waals surface area contributed by atoms with Crippen LogP contribution in [0.15, 0.2) is 29.1 Å². The Hall–Kier alpha value is -3.09. The molecule has 0 saturated carbocycles. The van der Waals surface area contributed by atoms with E-state index in [1.54, 1.807) is 32.3 Å². The van der Waals surface area contributed by atoms with Crippen LogP contribution in [0.5, 0.6) is 5.75 Å². The summed E-state index contributed by atoms with van der Waals surface area (Å²) in [5.41, 5.74) is 0.461. The van der Waals surface area contributed by atoms with Crippen LogP contribution in [0.1, 0.15) is 78.6 Å². The summed E-state index contributed by atoms with van der Waals surface area (Å²) in [5, 5.41) is 0. The van der Waals surface area contributed by atoms with Crippen molar-refractivity contribution in [2.75, 3.05) is 19.8 Å². The molecule has 1 aromatic carbocycles. The Labute approximate surface area is 189 Å². The first-order chi connectivity index (χ1) is 15.4. The van der Waals surface area contributed by atoms with Crippen LogP contribution in [0, 0.1) is 13.8 Å². The molecule has 0 radical (unpaired) electrons. The third-order valence-corrected chi connectivity index (χ3v) is 5.17. The Kier molecular flexibility index (Phi) is 9.50. The van der Waals surface area contributed by atoms with Gasteiger partial charge in [0.2, 0.25) is 5.43 Å². The zero-order valence-corrected chi connectivity index (χ0v) is 19.7. The van der Waals surface area contributed by atoms with E-state index in [2.05, 4.69) is 6.92 Å². The second-order valence-electron chi connectivity index (χ2n) is 7.43. The molecule has 0 spiro atoms. The topological polar surface area (TPSA) is 83.8 Å². The molecule has 32 heavy (non-hydrogen) atoms. The predicted octanol–water partition coefficient (Wildman–Crippen LogP) is 4.77. The van der Waals surface area contributed by atoms with E-state index in [-0.39, 0.29) is 24.3 Å². The zero-order chi connectivity index (χ0) is 23.7. The lowest BCUT2D eigenvalue weighted by Gasteiger charge is -2.20. The molecular formula is C25H33NO6. The van der Waals surface area contributed by atoms with E-state index in [1.807, 2.05) is 24.3 Å². The predicted molar refractivity (Wildman–Crippen MR) is 123 cm³/mol. The van der Waals surface area contributed by atoms with Gasteiger partial charge in [0.05, 0.1) is 19.8 Å². The lowest BCUT2D eigenvalue weighted by Crippen LogP contribution is -2.31. The highest BCUT2D eigenvalue weighted by molar-refractivity contribution is 5.96. The number of hydrogen-bond acceptors (Lipinski definition) is 6. The van der Waals surface area contributed by atoms with E-state index >= 15 is 0 Å². The normalized spacial score (nSPS) is 10.7. The molecule has 174 valence electrons. The standard InChI is InChI=1S/C25H33NO6/c1-6-9-10-11-16-32-20-14-12-19(13-15-20)26-17(4)21(24(28)30-7-2)23(27)22(18(26)5)25(29)31-8-3/h12-15H,6-11,16H2,1-5H3. The summed E-state index contributed by atoms with van der Waals surface area (Å²) in [4.78, 5) is 38.1. The first-order valence-electron chi connectivity index (χ1n) is 11.2. The van der Waals surface area contributed by atoms with Gasteiger partial charge in [0.1, 0.15) is 16.9 Å². The molecule has 0 saturated heterocycles. The number of carbonyl (C=O) groups is 2. The van der Waals surface area contributed by atoms with Crippen molar-refractivity contribution in [2.24, 2.45) is 0 Å². The molecule has 2 rings (SSSR count). The molecule has 1 aromatic heterocycles. The highest BCUT2D eigenvalue weighted by Crippen LogP contribution is 2.22. The lowest BCUT2D eigenvalue weighted by molar-refractivity contribution is 0.0519. The van der Waals surface area contributed by atoms with Gasteiger partial charge >= 0.3 is 11.9 Å². The third kappa shape index (κ3) is 5.78. The smallest absolute Gasteiger partial charge is 0.343 e. The van der Waals surface area contributed by atoms with Crippen molar-refractivity contribution < 1.29 is 23.8 Å². The highest BCUT2D eigenvalue weighted by atomic mass is 16.5. The van der Waals surface area contributed by atoms with Crippen LogP contribution in [-0.4, -0.2) is 36.3 Å². The molecule has 2 aromatic rings. The fourth-order valence-electron chi connectivity index (χ4n) is 3.61. The number of esters is 2. The summed E-state index contributed by atoms with van der Waals surface area (Å²) >= 11 is 0. The summed E-state index contributed by atoms with van der Waals surface area (Å²) in [7, 11) is 0. The summed E-state index contributed by atoms with van der Waals surface area (Å²) in [6, 6.07) is 7.33. The Morgan fingerprint density at radius 1 is 0.812 bits per heavy atom. The number of carbonyl (C=O) groups excluding carboxylic acids is 2. The minimum atomic E-state index is -0.763. The van der Waals surface area contributed by atoms with Crippen LogP contribution >= 0.6 is 0 Å². The molecule has 0 aliphatic rings. The van der Waals surface area contributed by atoms with E-state index in [0.29, 0.717) is 23.7 Å². The minimum absolute atomic E-state index is 0.116. The van der Waals surface area contributed by atoms with Gasteiger partial charge in [-0.1, -0.05) is 26.2 Å². The Morgan fingerprint density at radius 2 is 1.34 bits per heavy atom. The van der Waals surface area contributed by atoms with Gasteiger partial charge in [-0.3, -0.25) is 4.79 Å². The summed E-state index contributed by atoms with van der Waals surface area (Å²) in [6.45, 7) is 9.69. The monoisotopic (exact) mass is 443 g/mol. The quantitative estimate of drug-likeness (QED) is 0.368. The molecule has 7 heteroatoms. The van der Waals surface area contributed by atoms with Gasteiger partial charge in [-0.05, 0) is 58.4 Å². The number of nitrogens with zero attached hydrogens (tertiary/aromatic N) is 1. The third-order valence-electron chi connectivity index (χ3n) is 5.17. The molecule has 0 atom stereocenters. The van der Waals surface area contributed by atoms with Gasteiger partial charge in [0.15, 0.2) is 0 Å². The highest BCUT2D eigenvalue weighted by Gasteiger charge is 2.27. The van der Waals surface area contributed by atoms with Crippen LogP contribution < -0.4 is 10.2 Å². The van der Waals surface area contributed by atoms with Gasteiger partial charge in [0.25, 0.3) is 0 Å². The van der Waals surface area contributed by atoms with Crippen LogP contribution in [0.4, 0.5) is 0 Å². The van der Waals surface area contributed by atoms with Gasteiger partial charge in [-0.25, -0.2) is 9.59 Å². The largest absolute Gasteiger partial charge is 0.494 e. The van der Waals surface area contributed by atoms with E-state index in [0.717, 1.165) is 18.6 Å². The first-order valence-corrected chi connectivity index (χ1v) is 11.2. The number of unbranched alkanes of at least 4 members (excludes halogenated alkanes) is 3. The SMILES string of the molecule is CCCCCCOc1ccc(-n2c(C)c(C(=O)OCC)c(=O)c(C(=O)OCC)c2C)cc1. The maximum absolute atomic E-state index is 13.0. The Morgan fingerprint density at radius 3 is 1.81 bits per heavy atom. The van der Waals surface area contributed by atoms with E-state index in [4.69, 9.17) is 14.2 Å². The zero-order valence-electron chi connectivity index (χ0n) is 19.7. The fourth-order valence-corrected chi connectivity index (χ4v) is 3.61. The average Bonchev–Trinajstić information content (AvgIpc) is 2.75. The molecule has 0 aliphatic carbocycles. The second-order valence-corrected chi connectivity index (χ2v) is 7.43. The number of benzene rings is 1. The van der Waals surface area contributed by atoms with Crippen molar-refractivity contribution >= 4 is 11.9 Å². The number of ether oxygens (including phenoxy) is 3. The van der Waals surface area contributed by atoms with Crippen LogP contribution in [0.2, 0.25) is 0 Å². The molecular weight excluding hydrogens is 410 g/mol. The fraction of sp³-hybridized carbons (Fsp3) is 0.480. The molecule has 7 nitrogen and oxygen atoms in total. The lowest BCUT2D eigenvalue weighted by atomic mass is 10.0. The van der Waals surface area contributed by atoms with Gasteiger partial charge < -0.3 is 18.8 Å². The van der Waals surface area contributed by atoms with Crippen molar-refractivity contribution in [3.8, 4) is 11.4 Å². The average molecular weight is 444 g/mol. The van der Waals surface area contributed by atoms with Crippen LogP contribution in [0.25, 0.3) is 5.69 Å². The maximum atomic E-state index is 13.0. The van der Waals surface area contributed by atoms with Crippen LogP contribution in [0.3, 0.4) is 0 Å². The molecule has 0 bridgehead atoms. The van der Waals surface area contributed by atoms with Crippen LogP contribution in [-0.2, 0) is 9.47 Å². The number of pyridine rings is 1. The van der Waals surface area contributed by atoms with Crippen molar-refractivity contribution in [3.63, 3.8) is 0 Å². The molecule has 0 unspecified atom stereocenters. The van der Waals surface area contributed by atoms with Gasteiger partial charge in [-0.15, -0.1) is 0 Å². The second kappa shape index (κ2) is 12.1. The van der Waals surface area contributed by atoms with Crippen molar-refractivity contribution in [3.05, 3.63) is 57.0 Å². The number of aromatic nitrogens is 1. The summed E-state index contributed by atoms with van der Waals surface area (Å²) < 4.78 is 17.7. The molecule has 0 N–H and O–H groups in total.